The lowest BCUT2D eigenvalue weighted by atomic mass is 10.4. The van der Waals surface area contributed by atoms with Crippen LogP contribution in [-0.2, 0) is 14.3 Å². The van der Waals surface area contributed by atoms with Gasteiger partial charge >= 0.3 is 5.97 Å². The Balaban J connectivity index is 3.31. The quantitative estimate of drug-likeness (QED) is 0.386. The van der Waals surface area contributed by atoms with Crippen LogP contribution < -0.4 is 0 Å². The van der Waals surface area contributed by atoms with E-state index in [0.717, 1.165) is 0 Å². The fourth-order valence-corrected chi connectivity index (χ4v) is 0.682. The normalized spacial score (nSPS) is 10.7. The molecule has 0 rings (SSSR count). The van der Waals surface area contributed by atoms with E-state index in [9.17, 15) is 4.79 Å². The summed E-state index contributed by atoms with van der Waals surface area (Å²) in [4.78, 5) is 10.7. The van der Waals surface area contributed by atoms with Crippen LogP contribution in [0, 0.1) is 11.3 Å². The Kier molecular flexibility index (Phi) is 5.84. The molecular formula is C9H15NO4. The molecule has 14 heavy (non-hydrogen) atoms. The molecule has 0 aromatic carbocycles. The van der Waals surface area contributed by atoms with Gasteiger partial charge in [-0.3, -0.25) is 4.79 Å². The van der Waals surface area contributed by atoms with Crippen LogP contribution in [0.3, 0.4) is 0 Å². The van der Waals surface area contributed by atoms with Crippen LogP contribution in [0.2, 0.25) is 0 Å². The molecule has 0 aromatic rings. The third-order valence-corrected chi connectivity index (χ3v) is 1.23. The molecule has 0 radical (unpaired) electrons. The molecule has 5 heteroatoms. The summed E-state index contributed by atoms with van der Waals surface area (Å²) in [5, 5.41) is 17.3. The van der Waals surface area contributed by atoms with E-state index < -0.39 is 11.8 Å². The summed E-state index contributed by atoms with van der Waals surface area (Å²) in [7, 11) is 0. The average molecular weight is 201 g/mol. The zero-order valence-corrected chi connectivity index (χ0v) is 8.45. The minimum absolute atomic E-state index is 0.205. The SMILES string of the molecule is CC(C)(O)OCCCOC(=O)CC#N. The first kappa shape index (κ1) is 12.9. The highest BCUT2D eigenvalue weighted by Crippen LogP contribution is 2.03. The van der Waals surface area contributed by atoms with Crippen molar-refractivity contribution in [2.45, 2.75) is 32.5 Å². The number of hydrogen-bond acceptors (Lipinski definition) is 5. The van der Waals surface area contributed by atoms with Crippen molar-refractivity contribution in [3.63, 3.8) is 0 Å². The van der Waals surface area contributed by atoms with Crippen molar-refractivity contribution >= 4 is 5.97 Å². The van der Waals surface area contributed by atoms with E-state index in [0.29, 0.717) is 13.0 Å². The largest absolute Gasteiger partial charge is 0.465 e. The lowest BCUT2D eigenvalue weighted by Crippen LogP contribution is -2.24. The van der Waals surface area contributed by atoms with Gasteiger partial charge in [-0.05, 0) is 13.8 Å². The predicted octanol–water partition coefficient (Wildman–Crippen LogP) is 0.578. The van der Waals surface area contributed by atoms with Crippen molar-refractivity contribution in [2.75, 3.05) is 13.2 Å². The number of nitriles is 1. The zero-order chi connectivity index (χ0) is 11.0. The maximum atomic E-state index is 10.7. The van der Waals surface area contributed by atoms with Crippen molar-refractivity contribution in [1.29, 1.82) is 5.26 Å². The molecule has 5 nitrogen and oxygen atoms in total. The first-order valence-corrected chi connectivity index (χ1v) is 4.34. The third kappa shape index (κ3) is 8.97. The molecule has 0 fully saturated rings. The summed E-state index contributed by atoms with van der Waals surface area (Å²) >= 11 is 0. The molecule has 0 aliphatic rings. The molecule has 1 N–H and O–H groups in total. The molecule has 80 valence electrons. The Bertz CT molecular complexity index is 214. The van der Waals surface area contributed by atoms with E-state index >= 15 is 0 Å². The van der Waals surface area contributed by atoms with Crippen molar-refractivity contribution in [1.82, 2.24) is 0 Å². The average Bonchev–Trinajstić information content (AvgIpc) is 2.02. The van der Waals surface area contributed by atoms with Crippen molar-refractivity contribution in [2.24, 2.45) is 0 Å². The number of aliphatic hydroxyl groups is 1. The predicted molar refractivity (Wildman–Crippen MR) is 48.1 cm³/mol. The molecule has 0 heterocycles. The van der Waals surface area contributed by atoms with Crippen LogP contribution in [0.5, 0.6) is 0 Å². The summed E-state index contributed by atoms with van der Waals surface area (Å²) in [5.41, 5.74) is 0. The van der Waals surface area contributed by atoms with Crippen LogP contribution in [0.4, 0.5) is 0 Å². The summed E-state index contributed by atoms with van der Waals surface area (Å²) in [6.07, 6.45) is 0.271. The lowest BCUT2D eigenvalue weighted by Gasteiger charge is -2.17. The highest BCUT2D eigenvalue weighted by atomic mass is 16.6. The maximum Gasteiger partial charge on any atom is 0.320 e. The number of carbonyl (C=O) groups is 1. The number of carbonyl (C=O) groups excluding carboxylic acids is 1. The van der Waals surface area contributed by atoms with Crippen LogP contribution >= 0.6 is 0 Å². The molecule has 0 spiro atoms. The second kappa shape index (κ2) is 6.35. The van der Waals surface area contributed by atoms with Gasteiger partial charge < -0.3 is 14.6 Å². The molecule has 0 amide bonds. The van der Waals surface area contributed by atoms with Gasteiger partial charge in [0.15, 0.2) is 5.79 Å². The number of esters is 1. The van der Waals surface area contributed by atoms with Crippen LogP contribution in [0.15, 0.2) is 0 Å². The molecular weight excluding hydrogens is 186 g/mol. The van der Waals surface area contributed by atoms with Gasteiger partial charge in [-0.2, -0.15) is 5.26 Å². The molecule has 0 atom stereocenters. The Hall–Kier alpha value is -1.12. The van der Waals surface area contributed by atoms with Crippen LogP contribution in [0.25, 0.3) is 0 Å². The van der Waals surface area contributed by atoms with Gasteiger partial charge in [-0.25, -0.2) is 0 Å². The lowest BCUT2D eigenvalue weighted by molar-refractivity contribution is -0.178. The summed E-state index contributed by atoms with van der Waals surface area (Å²) in [6.45, 7) is 3.56. The molecule has 0 aromatic heterocycles. The molecule has 0 saturated carbocycles. The summed E-state index contributed by atoms with van der Waals surface area (Å²) in [5.74, 6) is -1.69. The smallest absolute Gasteiger partial charge is 0.320 e. The topological polar surface area (TPSA) is 79.5 Å². The van der Waals surface area contributed by atoms with E-state index in [1.165, 1.54) is 13.8 Å². The molecule has 0 saturated heterocycles. The highest BCUT2D eigenvalue weighted by molar-refractivity contribution is 5.71. The van der Waals surface area contributed by atoms with Crippen LogP contribution in [0.1, 0.15) is 26.7 Å². The number of ether oxygens (including phenoxy) is 2. The molecule has 0 bridgehead atoms. The fraction of sp³-hybridized carbons (Fsp3) is 0.778. The van der Waals surface area contributed by atoms with E-state index in [4.69, 9.17) is 15.1 Å². The maximum absolute atomic E-state index is 10.7. The summed E-state index contributed by atoms with van der Waals surface area (Å²) < 4.78 is 9.64. The Labute approximate surface area is 83.2 Å². The van der Waals surface area contributed by atoms with Gasteiger partial charge in [-0.1, -0.05) is 0 Å². The van der Waals surface area contributed by atoms with Gasteiger partial charge in [0, 0.05) is 6.42 Å². The summed E-state index contributed by atoms with van der Waals surface area (Å²) in [6, 6.07) is 1.69. The fourth-order valence-electron chi connectivity index (χ4n) is 0.682. The van der Waals surface area contributed by atoms with Gasteiger partial charge in [0.05, 0.1) is 19.3 Å². The zero-order valence-electron chi connectivity index (χ0n) is 8.45. The van der Waals surface area contributed by atoms with Crippen molar-refractivity contribution < 1.29 is 19.4 Å². The molecule has 0 unspecified atom stereocenters. The minimum atomic E-state index is -1.16. The second-order valence-electron chi connectivity index (χ2n) is 3.20. The van der Waals surface area contributed by atoms with E-state index in [1.807, 2.05) is 0 Å². The third-order valence-electron chi connectivity index (χ3n) is 1.23. The molecule has 0 aliphatic carbocycles. The van der Waals surface area contributed by atoms with Gasteiger partial charge in [0.25, 0.3) is 0 Å². The van der Waals surface area contributed by atoms with Crippen molar-refractivity contribution in [3.05, 3.63) is 0 Å². The highest BCUT2D eigenvalue weighted by Gasteiger charge is 2.11. The second-order valence-corrected chi connectivity index (χ2v) is 3.20. The first-order chi connectivity index (χ1) is 6.45. The Morgan fingerprint density at radius 3 is 2.64 bits per heavy atom. The van der Waals surface area contributed by atoms with E-state index in [2.05, 4.69) is 4.74 Å². The van der Waals surface area contributed by atoms with Gasteiger partial charge in [-0.15, -0.1) is 0 Å². The monoisotopic (exact) mass is 201 g/mol. The number of hydrogen-bond donors (Lipinski definition) is 1. The van der Waals surface area contributed by atoms with Crippen molar-refractivity contribution in [3.8, 4) is 6.07 Å². The molecule has 0 aliphatic heterocycles. The standard InChI is InChI=1S/C9H15NO4/c1-9(2,12)14-7-3-6-13-8(11)4-5-10/h12H,3-4,6-7H2,1-2H3. The Morgan fingerprint density at radius 1 is 1.50 bits per heavy atom. The number of nitrogens with zero attached hydrogens (tertiary/aromatic N) is 1. The minimum Gasteiger partial charge on any atom is -0.465 e. The van der Waals surface area contributed by atoms with Crippen LogP contribution in [-0.4, -0.2) is 30.1 Å². The first-order valence-electron chi connectivity index (χ1n) is 4.34. The number of rotatable bonds is 6. The van der Waals surface area contributed by atoms with E-state index in [-0.39, 0.29) is 13.0 Å². The van der Waals surface area contributed by atoms with Gasteiger partial charge in [0.2, 0.25) is 0 Å². The Morgan fingerprint density at radius 2 is 2.14 bits per heavy atom. The van der Waals surface area contributed by atoms with E-state index in [1.54, 1.807) is 6.07 Å². The van der Waals surface area contributed by atoms with Gasteiger partial charge in [0.1, 0.15) is 6.42 Å².